The highest BCUT2D eigenvalue weighted by Gasteiger charge is 2.21. The van der Waals surface area contributed by atoms with Crippen molar-refractivity contribution >= 4 is 26.4 Å². The van der Waals surface area contributed by atoms with E-state index in [1.165, 1.54) is 10.9 Å². The summed E-state index contributed by atoms with van der Waals surface area (Å²) in [5, 5.41) is 1.25. The van der Waals surface area contributed by atoms with Crippen LogP contribution in [0.25, 0.3) is 22.6 Å². The molecule has 0 amide bonds. The van der Waals surface area contributed by atoms with Gasteiger partial charge >= 0.3 is 0 Å². The molecule has 0 saturated carbocycles. The monoisotopic (exact) mass is 460 g/mol. The molecule has 1 saturated heterocycles. The van der Waals surface area contributed by atoms with Crippen LogP contribution in [0, 0.1) is 0 Å². The summed E-state index contributed by atoms with van der Waals surface area (Å²) in [6, 6.07) is 6.29. The molecule has 7 nitrogen and oxygen atoms in total. The number of allylic oxidation sites excluding steroid dienone is 6. The van der Waals surface area contributed by atoms with Gasteiger partial charge in [-0.15, -0.1) is 9.24 Å². The highest BCUT2D eigenvalue weighted by atomic mass is 31.0. The molecule has 8 heteroatoms. The maximum absolute atomic E-state index is 5.50. The van der Waals surface area contributed by atoms with Gasteiger partial charge in [-0.1, -0.05) is 24.3 Å². The summed E-state index contributed by atoms with van der Waals surface area (Å²) in [5.74, 6) is 0.735. The molecule has 1 aliphatic carbocycles. The van der Waals surface area contributed by atoms with E-state index in [9.17, 15) is 0 Å². The molecule has 1 unspecified atom stereocenters. The summed E-state index contributed by atoms with van der Waals surface area (Å²) in [4.78, 5) is 19.0. The molecule has 33 heavy (non-hydrogen) atoms. The van der Waals surface area contributed by atoms with E-state index in [-0.39, 0.29) is 0 Å². The lowest BCUT2D eigenvalue weighted by atomic mass is 10.1. The summed E-state index contributed by atoms with van der Waals surface area (Å²) in [5.41, 5.74) is 5.99. The first-order chi connectivity index (χ1) is 16.1. The SMILES string of the molecule is CN(C)Cc1ccn2c(-c3ccnc(N4CCOCC4)n3)c(C3=CC=C(P)CC=C3)nc2c1. The number of aromatic nitrogens is 4. The zero-order valence-electron chi connectivity index (χ0n) is 19.1. The fraction of sp³-hybridized carbons (Fsp3) is 0.320. The van der Waals surface area contributed by atoms with Crippen LogP contribution in [0.15, 0.2) is 60.2 Å². The van der Waals surface area contributed by atoms with Gasteiger partial charge in [0.25, 0.3) is 0 Å². The van der Waals surface area contributed by atoms with E-state index in [2.05, 4.69) is 85.2 Å². The van der Waals surface area contributed by atoms with Crippen molar-refractivity contribution < 1.29 is 4.74 Å². The summed E-state index contributed by atoms with van der Waals surface area (Å²) in [7, 11) is 6.96. The normalized spacial score (nSPS) is 16.8. The molecule has 0 aromatic carbocycles. The molecule has 2 aliphatic rings. The molecule has 1 fully saturated rings. The lowest BCUT2D eigenvalue weighted by Gasteiger charge is -2.26. The van der Waals surface area contributed by atoms with E-state index >= 15 is 0 Å². The van der Waals surface area contributed by atoms with E-state index in [0.29, 0.717) is 13.2 Å². The minimum absolute atomic E-state index is 0.699. The second-order valence-electron chi connectivity index (χ2n) is 8.62. The van der Waals surface area contributed by atoms with Gasteiger partial charge in [-0.25, -0.2) is 15.0 Å². The van der Waals surface area contributed by atoms with Crippen LogP contribution in [-0.4, -0.2) is 64.7 Å². The van der Waals surface area contributed by atoms with Crippen molar-refractivity contribution in [2.24, 2.45) is 0 Å². The molecule has 0 radical (unpaired) electrons. The van der Waals surface area contributed by atoms with Gasteiger partial charge in [0.05, 0.1) is 30.3 Å². The van der Waals surface area contributed by atoms with E-state index < -0.39 is 0 Å². The molecule has 3 aromatic heterocycles. The van der Waals surface area contributed by atoms with E-state index in [1.807, 2.05) is 12.3 Å². The third-order valence-corrected chi connectivity index (χ3v) is 6.20. The van der Waals surface area contributed by atoms with Gasteiger partial charge in [-0.3, -0.25) is 4.40 Å². The van der Waals surface area contributed by atoms with Gasteiger partial charge in [-0.05, 0) is 49.6 Å². The molecule has 1 atom stereocenters. The first-order valence-corrected chi connectivity index (χ1v) is 11.8. The Bertz CT molecular complexity index is 1250. The quantitative estimate of drug-likeness (QED) is 0.540. The number of rotatable bonds is 5. The second-order valence-corrected chi connectivity index (χ2v) is 9.36. The average molecular weight is 461 g/mol. The third-order valence-electron chi connectivity index (χ3n) is 5.77. The molecule has 4 heterocycles. The van der Waals surface area contributed by atoms with E-state index in [4.69, 9.17) is 14.7 Å². The van der Waals surface area contributed by atoms with Gasteiger partial charge < -0.3 is 14.5 Å². The highest BCUT2D eigenvalue weighted by Crippen LogP contribution is 2.32. The third kappa shape index (κ3) is 4.76. The number of fused-ring (bicyclic) bond motifs is 1. The first kappa shape index (κ1) is 22.0. The lowest BCUT2D eigenvalue weighted by molar-refractivity contribution is 0.122. The van der Waals surface area contributed by atoms with Gasteiger partial charge in [0.15, 0.2) is 0 Å². The molecule has 0 N–H and O–H groups in total. The van der Waals surface area contributed by atoms with Crippen molar-refractivity contribution in [1.82, 2.24) is 24.3 Å². The summed E-state index contributed by atoms with van der Waals surface area (Å²) in [6.07, 6.45) is 13.5. The van der Waals surface area contributed by atoms with Crippen LogP contribution in [0.5, 0.6) is 0 Å². The zero-order valence-corrected chi connectivity index (χ0v) is 20.3. The summed E-state index contributed by atoms with van der Waals surface area (Å²) in [6.45, 7) is 3.86. The second kappa shape index (κ2) is 9.56. The van der Waals surface area contributed by atoms with Gasteiger partial charge in [-0.2, -0.15) is 0 Å². The Hall–Kier alpha value is -2.86. The Balaban J connectivity index is 1.66. The predicted molar refractivity (Wildman–Crippen MR) is 136 cm³/mol. The number of hydrogen-bond acceptors (Lipinski definition) is 6. The average Bonchev–Trinajstić information content (AvgIpc) is 3.06. The number of imidazole rings is 1. The minimum Gasteiger partial charge on any atom is -0.378 e. The Labute approximate surface area is 196 Å². The van der Waals surface area contributed by atoms with Gasteiger partial charge in [0.2, 0.25) is 5.95 Å². The standard InChI is InChI=1S/C25H29N6OP/c1-29(2)17-18-9-11-31-22(16-18)28-23(19-4-3-5-20(33)7-6-19)24(31)21-8-10-26-25(27-21)30-12-14-32-15-13-30/h3-4,6-11,16H,5,12-15,17,33H2,1-2H3. The van der Waals surface area contributed by atoms with Crippen LogP contribution in [-0.2, 0) is 11.3 Å². The van der Waals surface area contributed by atoms with Crippen molar-refractivity contribution in [2.45, 2.75) is 13.0 Å². The van der Waals surface area contributed by atoms with Crippen LogP contribution < -0.4 is 4.90 Å². The molecule has 5 rings (SSSR count). The van der Waals surface area contributed by atoms with Crippen molar-refractivity contribution in [2.75, 3.05) is 45.3 Å². The number of morpholine rings is 1. The largest absolute Gasteiger partial charge is 0.378 e. The van der Waals surface area contributed by atoms with E-state index in [1.54, 1.807) is 0 Å². The Kier molecular flexibility index (Phi) is 6.36. The van der Waals surface area contributed by atoms with Crippen LogP contribution in [0.1, 0.15) is 17.7 Å². The van der Waals surface area contributed by atoms with Crippen LogP contribution in [0.3, 0.4) is 0 Å². The molecule has 0 bridgehead atoms. The van der Waals surface area contributed by atoms with Gasteiger partial charge in [0.1, 0.15) is 5.65 Å². The zero-order chi connectivity index (χ0) is 22.8. The molecule has 1 aliphatic heterocycles. The fourth-order valence-corrected chi connectivity index (χ4v) is 4.42. The summed E-state index contributed by atoms with van der Waals surface area (Å²) >= 11 is 0. The topological polar surface area (TPSA) is 58.8 Å². The molecule has 0 spiro atoms. The van der Waals surface area contributed by atoms with Crippen LogP contribution >= 0.6 is 9.24 Å². The highest BCUT2D eigenvalue weighted by molar-refractivity contribution is 7.22. The number of hydrogen-bond donors (Lipinski definition) is 0. The first-order valence-electron chi connectivity index (χ1n) is 11.2. The van der Waals surface area contributed by atoms with E-state index in [0.717, 1.165) is 60.3 Å². The Morgan fingerprint density at radius 2 is 1.97 bits per heavy atom. The van der Waals surface area contributed by atoms with Crippen molar-refractivity contribution in [1.29, 1.82) is 0 Å². The van der Waals surface area contributed by atoms with Crippen LogP contribution in [0.2, 0.25) is 0 Å². The van der Waals surface area contributed by atoms with Crippen molar-refractivity contribution in [3.63, 3.8) is 0 Å². The van der Waals surface area contributed by atoms with Crippen molar-refractivity contribution in [3.05, 3.63) is 71.5 Å². The summed E-state index contributed by atoms with van der Waals surface area (Å²) < 4.78 is 7.65. The molecule has 3 aromatic rings. The number of anilines is 1. The number of nitrogens with zero attached hydrogens (tertiary/aromatic N) is 6. The minimum atomic E-state index is 0.699. The molecule has 170 valence electrons. The molecular formula is C25H29N6OP. The van der Waals surface area contributed by atoms with Crippen LogP contribution in [0.4, 0.5) is 5.95 Å². The maximum atomic E-state index is 5.50. The van der Waals surface area contributed by atoms with Gasteiger partial charge in [0, 0.05) is 37.6 Å². The smallest absolute Gasteiger partial charge is 0.226 e. The number of ether oxygens (including phenoxy) is 1. The Morgan fingerprint density at radius 3 is 2.79 bits per heavy atom. The lowest BCUT2D eigenvalue weighted by Crippen LogP contribution is -2.37. The predicted octanol–water partition coefficient (Wildman–Crippen LogP) is 3.79. The van der Waals surface area contributed by atoms with Crippen molar-refractivity contribution in [3.8, 4) is 11.4 Å². The molecular weight excluding hydrogens is 431 g/mol. The Morgan fingerprint density at radius 1 is 1.12 bits per heavy atom. The number of pyridine rings is 1. The maximum Gasteiger partial charge on any atom is 0.226 e. The fourth-order valence-electron chi connectivity index (χ4n) is 4.19.